The summed E-state index contributed by atoms with van der Waals surface area (Å²) in [6.45, 7) is 16.5. The van der Waals surface area contributed by atoms with E-state index in [-0.39, 0.29) is 24.0 Å². The van der Waals surface area contributed by atoms with Gasteiger partial charge >= 0.3 is 0 Å². The first-order valence-electron chi connectivity index (χ1n) is 9.29. The molecule has 2 rings (SSSR count). The molecule has 0 aromatic rings. The Balaban J connectivity index is 2.39. The normalized spacial score (nSPS) is 32.9. The number of hydrogen-bond acceptors (Lipinski definition) is 5. The predicted octanol–water partition coefficient (Wildman–Crippen LogP) is 2.80. The highest BCUT2D eigenvalue weighted by Crippen LogP contribution is 2.48. The molecule has 1 aliphatic heterocycles. The van der Waals surface area contributed by atoms with Gasteiger partial charge in [0.25, 0.3) is 0 Å². The molecule has 1 saturated heterocycles. The second kappa shape index (κ2) is 6.53. The number of β-lactam (4-membered cyclic amide) rings is 1. The molecule has 0 aromatic carbocycles. The first-order chi connectivity index (χ1) is 11.6. The number of hydroxylamine groups is 2. The Kier molecular flexibility index (Phi) is 5.47. The van der Waals surface area contributed by atoms with Gasteiger partial charge in [-0.2, -0.15) is 0 Å². The van der Waals surface area contributed by atoms with Crippen molar-refractivity contribution in [2.45, 2.75) is 88.6 Å². The average Bonchev–Trinajstić information content (AvgIpc) is 2.45. The fourth-order valence-corrected chi connectivity index (χ4v) is 5.20. The lowest BCUT2D eigenvalue weighted by Crippen LogP contribution is -2.73. The Morgan fingerprint density at radius 3 is 2.23 bits per heavy atom. The van der Waals surface area contributed by atoms with E-state index in [0.29, 0.717) is 6.42 Å². The minimum absolute atomic E-state index is 0.0383. The molecule has 150 valence electrons. The van der Waals surface area contributed by atoms with Crippen molar-refractivity contribution < 1.29 is 24.0 Å². The van der Waals surface area contributed by atoms with Crippen LogP contribution in [0.2, 0.25) is 37.8 Å². The summed E-state index contributed by atoms with van der Waals surface area (Å²) >= 11 is 0. The summed E-state index contributed by atoms with van der Waals surface area (Å²) in [5.74, 6) is -0.0573. The fourth-order valence-electron chi connectivity index (χ4n) is 3.06. The predicted molar refractivity (Wildman–Crippen MR) is 106 cm³/mol. The van der Waals surface area contributed by atoms with Crippen LogP contribution in [0.1, 0.15) is 33.6 Å². The lowest BCUT2D eigenvalue weighted by Gasteiger charge is -2.59. The van der Waals surface area contributed by atoms with Crippen LogP contribution < -0.4 is 0 Å². The van der Waals surface area contributed by atoms with Crippen molar-refractivity contribution >= 4 is 22.5 Å². The highest BCUT2D eigenvalue weighted by molar-refractivity contribution is 6.74. The molecule has 2 aliphatic rings. The molecule has 1 fully saturated rings. The Hall–Kier alpha value is -0.516. The van der Waals surface area contributed by atoms with Gasteiger partial charge in [0.1, 0.15) is 11.1 Å². The zero-order chi connectivity index (χ0) is 20.2. The first-order valence-corrected chi connectivity index (χ1v) is 15.6. The highest BCUT2D eigenvalue weighted by Gasteiger charge is 2.61. The van der Waals surface area contributed by atoms with Gasteiger partial charge in [-0.15, -0.1) is 0 Å². The van der Waals surface area contributed by atoms with Crippen LogP contribution in [0.3, 0.4) is 0 Å². The molecule has 0 aromatic heterocycles. The van der Waals surface area contributed by atoms with Crippen LogP contribution >= 0.6 is 0 Å². The van der Waals surface area contributed by atoms with Crippen LogP contribution in [0.25, 0.3) is 0 Å². The maximum absolute atomic E-state index is 12.5. The molecule has 3 atom stereocenters. The van der Waals surface area contributed by atoms with Gasteiger partial charge in [-0.1, -0.05) is 32.9 Å². The average molecular weight is 402 g/mol. The van der Waals surface area contributed by atoms with E-state index in [2.05, 4.69) is 53.5 Å². The number of carbonyl (C=O) groups excluding carboxylic acids is 1. The quantitative estimate of drug-likeness (QED) is 0.421. The maximum Gasteiger partial charge on any atom is 0.248 e. The van der Waals surface area contributed by atoms with Crippen LogP contribution in [0.15, 0.2) is 12.2 Å². The van der Waals surface area contributed by atoms with Crippen molar-refractivity contribution in [2.75, 3.05) is 6.61 Å². The van der Waals surface area contributed by atoms with Gasteiger partial charge in [0.15, 0.2) is 8.32 Å². The number of aliphatic hydroxyl groups is 2. The lowest BCUT2D eigenvalue weighted by atomic mass is 9.72. The van der Waals surface area contributed by atoms with Gasteiger partial charge in [0.2, 0.25) is 14.2 Å². The van der Waals surface area contributed by atoms with E-state index in [1.165, 1.54) is 5.06 Å². The SMILES string of the molecule is CC(C)(C)[Si](C)(C)ON1C(=O)CC12C=CC(O)(CO)CC2O[Si](C)(C)C. The molecule has 1 heterocycles. The molecular weight excluding hydrogens is 366 g/mol. The Labute approximate surface area is 159 Å². The van der Waals surface area contributed by atoms with Gasteiger partial charge in [0, 0.05) is 6.42 Å². The second-order valence-electron chi connectivity index (χ2n) is 10.2. The Morgan fingerprint density at radius 2 is 1.81 bits per heavy atom. The smallest absolute Gasteiger partial charge is 0.248 e. The van der Waals surface area contributed by atoms with Crippen molar-refractivity contribution in [3.63, 3.8) is 0 Å². The third-order valence-corrected chi connectivity index (χ3v) is 11.0. The summed E-state index contributed by atoms with van der Waals surface area (Å²) < 4.78 is 12.7. The summed E-state index contributed by atoms with van der Waals surface area (Å²) in [6.07, 6.45) is 3.56. The van der Waals surface area contributed by atoms with E-state index in [4.69, 9.17) is 8.95 Å². The van der Waals surface area contributed by atoms with Crippen molar-refractivity contribution in [2.24, 2.45) is 0 Å². The molecule has 0 radical (unpaired) electrons. The molecule has 0 saturated carbocycles. The van der Waals surface area contributed by atoms with Crippen molar-refractivity contribution in [1.82, 2.24) is 5.06 Å². The van der Waals surface area contributed by atoms with E-state index in [1.54, 1.807) is 6.08 Å². The van der Waals surface area contributed by atoms with E-state index in [0.717, 1.165) is 0 Å². The Bertz CT molecular complexity index is 595. The van der Waals surface area contributed by atoms with Crippen LogP contribution in [-0.4, -0.2) is 61.7 Å². The molecule has 26 heavy (non-hydrogen) atoms. The molecule has 2 N–H and O–H groups in total. The zero-order valence-electron chi connectivity index (χ0n) is 17.4. The number of aliphatic hydroxyl groups excluding tert-OH is 1. The number of amides is 1. The summed E-state index contributed by atoms with van der Waals surface area (Å²) in [7, 11) is -4.15. The van der Waals surface area contributed by atoms with Gasteiger partial charge < -0.3 is 19.2 Å². The Morgan fingerprint density at radius 1 is 1.23 bits per heavy atom. The van der Waals surface area contributed by atoms with Gasteiger partial charge in [-0.3, -0.25) is 4.79 Å². The maximum atomic E-state index is 12.5. The minimum atomic E-state index is -2.21. The molecule has 3 unspecified atom stereocenters. The van der Waals surface area contributed by atoms with Crippen LogP contribution in [0.4, 0.5) is 0 Å². The molecule has 1 aliphatic carbocycles. The lowest BCUT2D eigenvalue weighted by molar-refractivity contribution is -0.233. The number of hydrogen-bond donors (Lipinski definition) is 2. The standard InChI is InChI=1S/C18H35NO5Si2/c1-16(2,3)26(7,8)24-19-15(21)12-18(19)10-9-17(22,13-20)11-14(18)23-25(4,5)6/h9-10,14,20,22H,11-13H2,1-8H3. The monoisotopic (exact) mass is 401 g/mol. The van der Waals surface area contributed by atoms with Crippen LogP contribution in [0, 0.1) is 0 Å². The molecule has 1 spiro atoms. The molecular formula is C18H35NO5Si2. The number of rotatable bonds is 5. The van der Waals surface area contributed by atoms with Gasteiger partial charge in [0.05, 0.1) is 19.1 Å². The number of carbonyl (C=O) groups is 1. The van der Waals surface area contributed by atoms with Crippen molar-refractivity contribution in [3.05, 3.63) is 12.2 Å². The van der Waals surface area contributed by atoms with Gasteiger partial charge in [-0.05, 0) is 37.8 Å². The molecule has 8 heteroatoms. The third kappa shape index (κ3) is 4.00. The van der Waals surface area contributed by atoms with E-state index in [9.17, 15) is 15.0 Å². The van der Waals surface area contributed by atoms with E-state index in [1.807, 2.05) is 6.08 Å². The number of nitrogens with zero attached hydrogens (tertiary/aromatic N) is 1. The third-order valence-electron chi connectivity index (χ3n) is 5.71. The van der Waals surface area contributed by atoms with Crippen LogP contribution in [-0.2, 0) is 13.7 Å². The topological polar surface area (TPSA) is 79.2 Å². The molecule has 1 amide bonds. The molecule has 6 nitrogen and oxygen atoms in total. The zero-order valence-corrected chi connectivity index (χ0v) is 19.4. The van der Waals surface area contributed by atoms with E-state index >= 15 is 0 Å². The summed E-state index contributed by atoms with van der Waals surface area (Å²) in [5, 5.41) is 21.6. The summed E-state index contributed by atoms with van der Waals surface area (Å²) in [4.78, 5) is 12.5. The van der Waals surface area contributed by atoms with Crippen LogP contribution in [0.5, 0.6) is 0 Å². The van der Waals surface area contributed by atoms with Gasteiger partial charge in [-0.25, -0.2) is 5.06 Å². The highest BCUT2D eigenvalue weighted by atomic mass is 28.4. The van der Waals surface area contributed by atoms with Crippen molar-refractivity contribution in [3.8, 4) is 0 Å². The summed E-state index contributed by atoms with van der Waals surface area (Å²) in [6, 6.07) is 0. The van der Waals surface area contributed by atoms with Crippen molar-refractivity contribution in [1.29, 1.82) is 0 Å². The minimum Gasteiger partial charge on any atom is -0.412 e. The fraction of sp³-hybridized carbons (Fsp3) is 0.833. The first kappa shape index (κ1) is 21.8. The molecule has 0 bridgehead atoms. The van der Waals surface area contributed by atoms with E-state index < -0.39 is 33.9 Å². The summed E-state index contributed by atoms with van der Waals surface area (Å²) in [5.41, 5.74) is -2.02. The largest absolute Gasteiger partial charge is 0.412 e. The second-order valence-corrected chi connectivity index (χ2v) is 19.4.